The van der Waals surface area contributed by atoms with E-state index in [4.69, 9.17) is 9.41 Å². The first-order valence-electron chi connectivity index (χ1n) is 20.3. The Balaban J connectivity index is 1.12. The molecular weight excluding hydrogens is 693 g/mol. The molecule has 3 nitrogen and oxygen atoms in total. The number of allylic oxidation sites excluding steroid dienone is 1. The van der Waals surface area contributed by atoms with Crippen molar-refractivity contribution in [2.45, 2.75) is 38.5 Å². The second-order valence-corrected chi connectivity index (χ2v) is 16.6. The zero-order valence-corrected chi connectivity index (χ0v) is 32.3. The molecule has 12 rings (SSSR count). The van der Waals surface area contributed by atoms with Crippen molar-refractivity contribution in [3.05, 3.63) is 186 Å². The third kappa shape index (κ3) is 4.57. The minimum absolute atomic E-state index is 0.138. The Hall–Kier alpha value is -6.71. The Bertz CT molecular complexity index is 3370. The van der Waals surface area contributed by atoms with Gasteiger partial charge in [0.2, 0.25) is 0 Å². The number of rotatable bonds is 3. The van der Waals surface area contributed by atoms with Gasteiger partial charge < -0.3 is 4.42 Å². The molecule has 0 saturated carbocycles. The molecule has 0 bridgehead atoms. The Morgan fingerprint density at radius 2 is 1.25 bits per heavy atom. The summed E-state index contributed by atoms with van der Waals surface area (Å²) in [5.41, 5.74) is 12.8. The average Bonchev–Trinajstić information content (AvgIpc) is 3.86. The topological polar surface area (TPSA) is 30.4 Å². The Labute approximate surface area is 331 Å². The first kappa shape index (κ1) is 32.5. The van der Waals surface area contributed by atoms with Crippen LogP contribution in [0.3, 0.4) is 0 Å². The van der Waals surface area contributed by atoms with Gasteiger partial charge >= 0.3 is 0 Å². The van der Waals surface area contributed by atoms with Gasteiger partial charge in [-0.05, 0) is 86.8 Å². The predicted molar refractivity (Wildman–Crippen MR) is 239 cm³/mol. The van der Waals surface area contributed by atoms with Crippen LogP contribution in [0.25, 0.3) is 82.1 Å². The molecule has 10 aromatic rings. The van der Waals surface area contributed by atoms with Gasteiger partial charge in [0.05, 0.1) is 16.7 Å². The van der Waals surface area contributed by atoms with Crippen molar-refractivity contribution in [1.82, 2.24) is 4.57 Å². The molecule has 2 atom stereocenters. The highest BCUT2D eigenvalue weighted by Crippen LogP contribution is 2.58. The summed E-state index contributed by atoms with van der Waals surface area (Å²) in [6, 6.07) is 60.2. The molecule has 0 fully saturated rings. The zero-order chi connectivity index (χ0) is 38.0. The lowest BCUT2D eigenvalue weighted by molar-refractivity contribution is 0.489. The van der Waals surface area contributed by atoms with Crippen molar-refractivity contribution in [2.24, 2.45) is 10.9 Å². The Kier molecular flexibility index (Phi) is 6.79. The third-order valence-corrected chi connectivity index (χ3v) is 13.2. The smallest absolute Gasteiger partial charge is 0.136 e. The van der Waals surface area contributed by atoms with E-state index in [-0.39, 0.29) is 17.3 Å². The van der Waals surface area contributed by atoms with Crippen molar-refractivity contribution < 1.29 is 4.42 Å². The summed E-state index contributed by atoms with van der Waals surface area (Å²) in [4.78, 5) is 5.95. The van der Waals surface area contributed by atoms with Crippen LogP contribution in [0, 0.1) is 5.92 Å². The van der Waals surface area contributed by atoms with Gasteiger partial charge in [-0.2, -0.15) is 0 Å². The highest BCUT2D eigenvalue weighted by atomic mass is 16.3. The number of fused-ring (bicyclic) bond motifs is 11. The second-order valence-electron chi connectivity index (χ2n) is 16.6. The minimum Gasteiger partial charge on any atom is -0.456 e. The van der Waals surface area contributed by atoms with Crippen LogP contribution in [0.5, 0.6) is 0 Å². The number of furan rings is 1. The summed E-state index contributed by atoms with van der Waals surface area (Å²) >= 11 is 0. The van der Waals surface area contributed by atoms with Crippen molar-refractivity contribution in [2.75, 3.05) is 0 Å². The molecule has 0 N–H and O–H groups in total. The zero-order valence-electron chi connectivity index (χ0n) is 32.3. The lowest BCUT2D eigenvalue weighted by atomic mass is 9.67. The van der Waals surface area contributed by atoms with Crippen LogP contribution in [0.2, 0.25) is 0 Å². The molecule has 3 heteroatoms. The Morgan fingerprint density at radius 1 is 0.579 bits per heavy atom. The van der Waals surface area contributed by atoms with Gasteiger partial charge in [-0.1, -0.05) is 148 Å². The van der Waals surface area contributed by atoms with Gasteiger partial charge in [-0.15, -0.1) is 0 Å². The summed E-state index contributed by atoms with van der Waals surface area (Å²) in [5, 5.41) is 9.82. The quantitative estimate of drug-likeness (QED) is 0.178. The van der Waals surface area contributed by atoms with E-state index in [2.05, 4.69) is 183 Å². The van der Waals surface area contributed by atoms with E-state index in [1.807, 2.05) is 6.07 Å². The number of para-hydroxylation sites is 1. The van der Waals surface area contributed by atoms with Crippen molar-refractivity contribution >= 4 is 76.8 Å². The number of nitrogens with zero attached hydrogens (tertiary/aromatic N) is 2. The third-order valence-electron chi connectivity index (χ3n) is 13.2. The summed E-state index contributed by atoms with van der Waals surface area (Å²) in [6.45, 7) is 7.19. The van der Waals surface area contributed by atoms with Crippen LogP contribution in [0.15, 0.2) is 179 Å². The molecule has 0 amide bonds. The summed E-state index contributed by atoms with van der Waals surface area (Å²) in [5.74, 6) is 1.40. The van der Waals surface area contributed by atoms with Crippen LogP contribution >= 0.6 is 0 Å². The standard InChI is InChI=1S/C54H40N2O/c1-4-38-49(33-15-6-5-7-16-33)50-51(43-27-24-36(29-45(43)54(50,2)3)37-23-25-41-40-20-12-13-21-47(40)57-48(41)31-37)55-53(38)56-46-30-35-18-9-8-17-34(35)28-44(46)42-26-22-32-14-10-11-19-39(32)52(42)56/h5-31,38,49H,4H2,1-3H3. The maximum absolute atomic E-state index is 6.34. The van der Waals surface area contributed by atoms with Crippen LogP contribution in [-0.2, 0) is 5.41 Å². The van der Waals surface area contributed by atoms with E-state index in [0.717, 1.165) is 45.5 Å². The summed E-state index contributed by atoms with van der Waals surface area (Å²) < 4.78 is 8.89. The van der Waals surface area contributed by atoms with E-state index >= 15 is 0 Å². The molecule has 0 spiro atoms. The molecule has 8 aromatic carbocycles. The van der Waals surface area contributed by atoms with Crippen LogP contribution < -0.4 is 0 Å². The molecule has 0 radical (unpaired) electrons. The number of aliphatic imine (C=N–C) groups is 1. The second kappa shape index (κ2) is 11.9. The largest absolute Gasteiger partial charge is 0.456 e. The number of benzene rings is 8. The van der Waals surface area contributed by atoms with Crippen molar-refractivity contribution in [3.8, 4) is 11.1 Å². The number of aromatic nitrogens is 1. The Morgan fingerprint density at radius 3 is 2.07 bits per heavy atom. The van der Waals surface area contributed by atoms with Crippen molar-refractivity contribution in [1.29, 1.82) is 0 Å². The van der Waals surface area contributed by atoms with Gasteiger partial charge in [-0.25, -0.2) is 4.99 Å². The average molecular weight is 733 g/mol. The lowest BCUT2D eigenvalue weighted by Gasteiger charge is -2.39. The molecular formula is C54H40N2O. The SMILES string of the molecule is CCC1C(n2c3cc4ccccc4cc3c3ccc4ccccc4c32)=NC2=C(C1c1ccccc1)C(C)(C)c1cc(-c3ccc4c(c3)oc3ccccc34)ccc12. The molecule has 57 heavy (non-hydrogen) atoms. The van der Waals surface area contributed by atoms with E-state index in [1.165, 1.54) is 71.2 Å². The van der Waals surface area contributed by atoms with Gasteiger partial charge in [0.25, 0.3) is 0 Å². The van der Waals surface area contributed by atoms with Crippen molar-refractivity contribution in [3.63, 3.8) is 0 Å². The van der Waals surface area contributed by atoms with Crippen LogP contribution in [-0.4, -0.2) is 10.4 Å². The van der Waals surface area contributed by atoms with E-state index in [0.29, 0.717) is 0 Å². The molecule has 2 aromatic heterocycles. The summed E-state index contributed by atoms with van der Waals surface area (Å²) in [6.07, 6.45) is 0.948. The molecule has 1 aliphatic heterocycles. The van der Waals surface area contributed by atoms with E-state index in [9.17, 15) is 0 Å². The monoisotopic (exact) mass is 732 g/mol. The van der Waals surface area contributed by atoms with Gasteiger partial charge in [0.1, 0.15) is 17.0 Å². The van der Waals surface area contributed by atoms with Crippen LogP contribution in [0.4, 0.5) is 0 Å². The highest BCUT2D eigenvalue weighted by molar-refractivity contribution is 6.24. The fraction of sp³-hybridized carbons (Fsp3) is 0.130. The molecule has 3 heterocycles. The minimum atomic E-state index is -0.253. The number of hydrogen-bond donors (Lipinski definition) is 0. The van der Waals surface area contributed by atoms with E-state index < -0.39 is 0 Å². The number of hydrogen-bond acceptors (Lipinski definition) is 2. The maximum Gasteiger partial charge on any atom is 0.136 e. The molecule has 0 saturated heterocycles. The fourth-order valence-electron chi connectivity index (χ4n) is 10.5. The first-order chi connectivity index (χ1) is 28.0. The normalized spacial score (nSPS) is 17.6. The molecule has 2 unspecified atom stereocenters. The van der Waals surface area contributed by atoms with Gasteiger partial charge in [-0.3, -0.25) is 4.57 Å². The fourth-order valence-corrected chi connectivity index (χ4v) is 10.5. The van der Waals surface area contributed by atoms with Gasteiger partial charge in [0.15, 0.2) is 0 Å². The molecule has 1 aliphatic carbocycles. The van der Waals surface area contributed by atoms with Crippen LogP contribution in [0.1, 0.15) is 49.8 Å². The highest BCUT2D eigenvalue weighted by Gasteiger charge is 2.48. The predicted octanol–water partition coefficient (Wildman–Crippen LogP) is 14.4. The molecule has 272 valence electrons. The van der Waals surface area contributed by atoms with E-state index in [1.54, 1.807) is 0 Å². The maximum atomic E-state index is 6.34. The lowest BCUT2D eigenvalue weighted by Crippen LogP contribution is -2.35. The summed E-state index contributed by atoms with van der Waals surface area (Å²) in [7, 11) is 0. The first-order valence-corrected chi connectivity index (χ1v) is 20.3. The van der Waals surface area contributed by atoms with Gasteiger partial charge in [0, 0.05) is 49.7 Å². The molecule has 2 aliphatic rings.